The van der Waals surface area contributed by atoms with Gasteiger partial charge in [0.25, 0.3) is 0 Å². The molecule has 4 nitrogen and oxygen atoms in total. The molecule has 0 fully saturated rings. The van der Waals surface area contributed by atoms with Crippen molar-refractivity contribution in [3.8, 4) is 5.75 Å². The maximum Gasteiger partial charge on any atom is 0.234 e. The fourth-order valence-electron chi connectivity index (χ4n) is 1.89. The zero-order chi connectivity index (χ0) is 15.2. The standard InChI is InChI=1S/C16H18N2O2S/c1-11-8-12(2)17-16(9-11)21-10-15(19)18-13-4-6-14(20-3)7-5-13/h4-9H,10H2,1-3H3,(H,18,19). The summed E-state index contributed by atoms with van der Waals surface area (Å²) in [4.78, 5) is 16.3. The van der Waals surface area contributed by atoms with E-state index in [2.05, 4.69) is 10.3 Å². The predicted molar refractivity (Wildman–Crippen MR) is 86.1 cm³/mol. The van der Waals surface area contributed by atoms with Crippen LogP contribution < -0.4 is 10.1 Å². The van der Waals surface area contributed by atoms with Crippen molar-refractivity contribution in [2.24, 2.45) is 0 Å². The second-order valence-electron chi connectivity index (χ2n) is 4.69. The number of carbonyl (C=O) groups is 1. The second-order valence-corrected chi connectivity index (χ2v) is 5.69. The normalized spacial score (nSPS) is 10.2. The molecule has 1 heterocycles. The van der Waals surface area contributed by atoms with E-state index < -0.39 is 0 Å². The largest absolute Gasteiger partial charge is 0.497 e. The van der Waals surface area contributed by atoms with Crippen molar-refractivity contribution in [1.82, 2.24) is 4.98 Å². The van der Waals surface area contributed by atoms with Gasteiger partial charge in [-0.1, -0.05) is 11.8 Å². The lowest BCUT2D eigenvalue weighted by Crippen LogP contribution is -2.14. The lowest BCUT2D eigenvalue weighted by Gasteiger charge is -2.07. The van der Waals surface area contributed by atoms with Crippen LogP contribution in [0.1, 0.15) is 11.3 Å². The summed E-state index contributed by atoms with van der Waals surface area (Å²) in [6.45, 7) is 3.98. The molecule has 0 saturated heterocycles. The number of nitrogens with zero attached hydrogens (tertiary/aromatic N) is 1. The number of thioether (sulfide) groups is 1. The highest BCUT2D eigenvalue weighted by molar-refractivity contribution is 7.99. The van der Waals surface area contributed by atoms with E-state index in [1.165, 1.54) is 11.8 Å². The molecule has 0 saturated carbocycles. The van der Waals surface area contributed by atoms with Crippen molar-refractivity contribution in [2.75, 3.05) is 18.2 Å². The summed E-state index contributed by atoms with van der Waals surface area (Å²) in [6, 6.07) is 11.3. The third-order valence-corrected chi connectivity index (χ3v) is 3.71. The van der Waals surface area contributed by atoms with Crippen LogP contribution in [0.5, 0.6) is 5.75 Å². The Kier molecular flexibility index (Phi) is 5.22. The first-order chi connectivity index (χ1) is 10.1. The van der Waals surface area contributed by atoms with E-state index in [9.17, 15) is 4.79 Å². The van der Waals surface area contributed by atoms with Crippen molar-refractivity contribution in [3.63, 3.8) is 0 Å². The molecule has 2 rings (SSSR count). The van der Waals surface area contributed by atoms with Crippen LogP contribution in [0.15, 0.2) is 41.4 Å². The Balaban J connectivity index is 1.89. The molecule has 1 aromatic carbocycles. The zero-order valence-electron chi connectivity index (χ0n) is 12.3. The first kappa shape index (κ1) is 15.4. The molecule has 0 aliphatic heterocycles. The van der Waals surface area contributed by atoms with E-state index in [1.807, 2.05) is 50.2 Å². The van der Waals surface area contributed by atoms with Gasteiger partial charge in [0.05, 0.1) is 17.9 Å². The molecule has 0 bridgehead atoms. The van der Waals surface area contributed by atoms with Gasteiger partial charge in [-0.25, -0.2) is 4.98 Å². The predicted octanol–water partition coefficient (Wildman–Crippen LogP) is 3.44. The molecule has 2 aromatic rings. The smallest absolute Gasteiger partial charge is 0.234 e. The fourth-order valence-corrected chi connectivity index (χ4v) is 2.72. The van der Waals surface area contributed by atoms with Crippen molar-refractivity contribution in [2.45, 2.75) is 18.9 Å². The Morgan fingerprint density at radius 2 is 1.95 bits per heavy atom. The van der Waals surface area contributed by atoms with Gasteiger partial charge in [-0.05, 0) is 55.8 Å². The van der Waals surface area contributed by atoms with Gasteiger partial charge < -0.3 is 10.1 Å². The molecule has 1 N–H and O–H groups in total. The number of methoxy groups -OCH3 is 1. The summed E-state index contributed by atoms with van der Waals surface area (Å²) in [5, 5.41) is 3.72. The number of aromatic nitrogens is 1. The highest BCUT2D eigenvalue weighted by Gasteiger charge is 2.05. The molecule has 0 atom stereocenters. The highest BCUT2D eigenvalue weighted by Crippen LogP contribution is 2.19. The van der Waals surface area contributed by atoms with Gasteiger partial charge >= 0.3 is 0 Å². The van der Waals surface area contributed by atoms with Gasteiger partial charge in [0.15, 0.2) is 0 Å². The van der Waals surface area contributed by atoms with Crippen LogP contribution in [0, 0.1) is 13.8 Å². The minimum Gasteiger partial charge on any atom is -0.497 e. The molecule has 0 aliphatic rings. The van der Waals surface area contributed by atoms with Gasteiger partial charge in [-0.2, -0.15) is 0 Å². The molecule has 1 aromatic heterocycles. The molecule has 110 valence electrons. The number of ether oxygens (including phenoxy) is 1. The summed E-state index contributed by atoms with van der Waals surface area (Å²) in [7, 11) is 1.61. The number of hydrogen-bond donors (Lipinski definition) is 1. The number of aryl methyl sites for hydroxylation is 2. The molecule has 5 heteroatoms. The number of pyridine rings is 1. The van der Waals surface area contributed by atoms with E-state index >= 15 is 0 Å². The third kappa shape index (κ3) is 4.79. The van der Waals surface area contributed by atoms with Crippen LogP contribution in [-0.4, -0.2) is 23.8 Å². The van der Waals surface area contributed by atoms with Crippen molar-refractivity contribution >= 4 is 23.4 Å². The number of rotatable bonds is 5. The van der Waals surface area contributed by atoms with Crippen LogP contribution in [0.3, 0.4) is 0 Å². The van der Waals surface area contributed by atoms with E-state index in [-0.39, 0.29) is 5.91 Å². The lowest BCUT2D eigenvalue weighted by molar-refractivity contribution is -0.113. The quantitative estimate of drug-likeness (QED) is 0.860. The first-order valence-electron chi connectivity index (χ1n) is 6.59. The number of amides is 1. The third-order valence-electron chi connectivity index (χ3n) is 2.80. The van der Waals surface area contributed by atoms with E-state index in [4.69, 9.17) is 4.74 Å². The maximum atomic E-state index is 11.9. The van der Waals surface area contributed by atoms with Gasteiger partial charge in [-0.3, -0.25) is 4.79 Å². The Hall–Kier alpha value is -2.01. The Morgan fingerprint density at radius 3 is 2.57 bits per heavy atom. The average Bonchev–Trinajstić information content (AvgIpc) is 2.45. The van der Waals surface area contributed by atoms with Crippen molar-refractivity contribution in [3.05, 3.63) is 47.7 Å². The summed E-state index contributed by atoms with van der Waals surface area (Å²) in [6.07, 6.45) is 0. The maximum absolute atomic E-state index is 11.9. The second kappa shape index (κ2) is 7.13. The monoisotopic (exact) mass is 302 g/mol. The summed E-state index contributed by atoms with van der Waals surface area (Å²) >= 11 is 1.44. The van der Waals surface area contributed by atoms with Crippen LogP contribution in [0.2, 0.25) is 0 Å². The van der Waals surface area contributed by atoms with Gasteiger partial charge in [0.1, 0.15) is 5.75 Å². The van der Waals surface area contributed by atoms with E-state index in [0.29, 0.717) is 5.75 Å². The summed E-state index contributed by atoms with van der Waals surface area (Å²) in [5.74, 6) is 1.05. The molecule has 1 amide bonds. The summed E-state index contributed by atoms with van der Waals surface area (Å²) in [5.41, 5.74) is 2.88. The van der Waals surface area contributed by atoms with Crippen molar-refractivity contribution < 1.29 is 9.53 Å². The van der Waals surface area contributed by atoms with Crippen molar-refractivity contribution in [1.29, 1.82) is 0 Å². The molecule has 0 radical (unpaired) electrons. The molecule has 0 spiro atoms. The number of carbonyl (C=O) groups excluding carboxylic acids is 1. The van der Waals surface area contributed by atoms with Crippen LogP contribution >= 0.6 is 11.8 Å². The average molecular weight is 302 g/mol. The van der Waals surface area contributed by atoms with Crippen LogP contribution in [0.25, 0.3) is 0 Å². The zero-order valence-corrected chi connectivity index (χ0v) is 13.2. The number of benzene rings is 1. The SMILES string of the molecule is COc1ccc(NC(=O)CSc2cc(C)cc(C)n2)cc1. The molecule has 0 aliphatic carbocycles. The van der Waals surface area contributed by atoms with E-state index in [0.717, 1.165) is 27.7 Å². The summed E-state index contributed by atoms with van der Waals surface area (Å²) < 4.78 is 5.08. The topological polar surface area (TPSA) is 51.2 Å². The van der Waals surface area contributed by atoms with Crippen LogP contribution in [-0.2, 0) is 4.79 Å². The lowest BCUT2D eigenvalue weighted by atomic mass is 10.3. The Bertz CT molecular complexity index is 606. The molecule has 0 unspecified atom stereocenters. The van der Waals surface area contributed by atoms with Gasteiger partial charge in [-0.15, -0.1) is 0 Å². The molecular weight excluding hydrogens is 284 g/mol. The fraction of sp³-hybridized carbons (Fsp3) is 0.250. The van der Waals surface area contributed by atoms with E-state index in [1.54, 1.807) is 7.11 Å². The minimum atomic E-state index is -0.0499. The Labute approximate surface area is 128 Å². The number of nitrogens with one attached hydrogen (secondary N) is 1. The van der Waals surface area contributed by atoms with Gasteiger partial charge in [0, 0.05) is 11.4 Å². The highest BCUT2D eigenvalue weighted by atomic mass is 32.2. The minimum absolute atomic E-state index is 0.0499. The van der Waals surface area contributed by atoms with Crippen LogP contribution in [0.4, 0.5) is 5.69 Å². The molecule has 21 heavy (non-hydrogen) atoms. The first-order valence-corrected chi connectivity index (χ1v) is 7.57. The number of hydrogen-bond acceptors (Lipinski definition) is 4. The molecular formula is C16H18N2O2S. The number of anilines is 1. The van der Waals surface area contributed by atoms with Gasteiger partial charge in [0.2, 0.25) is 5.91 Å². The Morgan fingerprint density at radius 1 is 1.24 bits per heavy atom.